The summed E-state index contributed by atoms with van der Waals surface area (Å²) in [4.78, 5) is 26.2. The number of amides is 1. The fraction of sp³-hybridized carbons (Fsp3) is 0.192. The zero-order valence-electron chi connectivity index (χ0n) is 18.4. The van der Waals surface area contributed by atoms with Gasteiger partial charge in [0.2, 0.25) is 5.91 Å². The van der Waals surface area contributed by atoms with E-state index in [2.05, 4.69) is 14.9 Å². The number of halogens is 2. The third kappa shape index (κ3) is 4.66. The summed E-state index contributed by atoms with van der Waals surface area (Å²) in [5, 5.41) is 0. The molecule has 6 nitrogen and oxygen atoms in total. The zero-order valence-corrected chi connectivity index (χ0v) is 18.4. The average Bonchev–Trinajstić information content (AvgIpc) is 3.29. The third-order valence-corrected chi connectivity index (χ3v) is 5.94. The van der Waals surface area contributed by atoms with Gasteiger partial charge in [-0.1, -0.05) is 6.07 Å². The second kappa shape index (κ2) is 9.43. The summed E-state index contributed by atoms with van der Waals surface area (Å²) in [5.41, 5.74) is 2.05. The topological polar surface area (TPSA) is 54.3 Å². The van der Waals surface area contributed by atoms with E-state index in [-0.39, 0.29) is 24.0 Å². The van der Waals surface area contributed by atoms with Crippen molar-refractivity contribution >= 4 is 11.7 Å². The molecule has 2 aromatic heterocycles. The maximum atomic E-state index is 13.5. The first-order chi connectivity index (χ1) is 16.6. The molecule has 2 aromatic carbocycles. The molecule has 172 valence electrons. The maximum absolute atomic E-state index is 13.5. The first-order valence-electron chi connectivity index (χ1n) is 11.1. The lowest BCUT2D eigenvalue weighted by atomic mass is 10.2. The van der Waals surface area contributed by atoms with Gasteiger partial charge in [-0.3, -0.25) is 4.79 Å². The molecule has 8 heteroatoms. The van der Waals surface area contributed by atoms with Crippen LogP contribution in [0.4, 0.5) is 14.6 Å². The molecule has 0 unspecified atom stereocenters. The number of rotatable bonds is 5. The van der Waals surface area contributed by atoms with Gasteiger partial charge in [0.15, 0.2) is 0 Å². The number of imidazole rings is 1. The monoisotopic (exact) mass is 459 g/mol. The van der Waals surface area contributed by atoms with Crippen molar-refractivity contribution in [3.05, 3.63) is 96.6 Å². The van der Waals surface area contributed by atoms with Gasteiger partial charge in [0.05, 0.1) is 12.1 Å². The van der Waals surface area contributed by atoms with Gasteiger partial charge in [-0.15, -0.1) is 0 Å². The number of hydrogen-bond donors (Lipinski definition) is 0. The molecule has 1 saturated heterocycles. The smallest absolute Gasteiger partial charge is 0.230 e. The molecule has 1 amide bonds. The van der Waals surface area contributed by atoms with Gasteiger partial charge in [-0.25, -0.2) is 18.7 Å². The number of aromatic nitrogens is 3. The minimum atomic E-state index is -0.342. The van der Waals surface area contributed by atoms with Crippen LogP contribution in [0.3, 0.4) is 0 Å². The van der Waals surface area contributed by atoms with Gasteiger partial charge in [-0.05, 0) is 60.7 Å². The molecule has 0 aliphatic carbocycles. The number of hydrogen-bond acceptors (Lipinski definition) is 4. The van der Waals surface area contributed by atoms with E-state index in [0.717, 1.165) is 11.4 Å². The maximum Gasteiger partial charge on any atom is 0.230 e. The highest BCUT2D eigenvalue weighted by Crippen LogP contribution is 2.23. The van der Waals surface area contributed by atoms with Crippen molar-refractivity contribution in [3.63, 3.8) is 0 Å². The number of carbonyl (C=O) groups is 1. The third-order valence-electron chi connectivity index (χ3n) is 5.94. The Balaban J connectivity index is 1.36. The van der Waals surface area contributed by atoms with Crippen LogP contribution in [0, 0.1) is 11.6 Å². The fourth-order valence-corrected chi connectivity index (χ4v) is 4.10. The number of pyridine rings is 1. The summed E-state index contributed by atoms with van der Waals surface area (Å²) in [6, 6.07) is 17.9. The summed E-state index contributed by atoms with van der Waals surface area (Å²) in [6.07, 6.45) is 3.66. The molecule has 5 rings (SSSR count). The first-order valence-corrected chi connectivity index (χ1v) is 11.1. The Kier molecular flexibility index (Phi) is 6.03. The normalized spacial score (nSPS) is 13.8. The second-order valence-corrected chi connectivity index (χ2v) is 8.13. The molecule has 0 bridgehead atoms. The van der Waals surface area contributed by atoms with Crippen LogP contribution in [0.5, 0.6) is 0 Å². The highest BCUT2D eigenvalue weighted by atomic mass is 19.1. The van der Waals surface area contributed by atoms with Crippen molar-refractivity contribution in [2.45, 2.75) is 6.42 Å². The molecule has 1 fully saturated rings. The van der Waals surface area contributed by atoms with E-state index in [1.54, 1.807) is 41.2 Å². The number of carbonyl (C=O) groups excluding carboxylic acids is 1. The van der Waals surface area contributed by atoms with Crippen LogP contribution < -0.4 is 4.90 Å². The van der Waals surface area contributed by atoms with Crippen LogP contribution in [-0.4, -0.2) is 51.5 Å². The number of anilines is 1. The van der Waals surface area contributed by atoms with E-state index in [1.165, 1.54) is 24.3 Å². The highest BCUT2D eigenvalue weighted by Gasteiger charge is 2.24. The first kappa shape index (κ1) is 21.8. The molecule has 34 heavy (non-hydrogen) atoms. The van der Waals surface area contributed by atoms with Crippen molar-refractivity contribution in [2.24, 2.45) is 0 Å². The number of nitrogens with zero attached hydrogens (tertiary/aromatic N) is 5. The molecule has 0 N–H and O–H groups in total. The molecule has 4 aromatic rings. The molecule has 1 aliphatic rings. The Hall–Kier alpha value is -4.07. The van der Waals surface area contributed by atoms with E-state index in [4.69, 9.17) is 0 Å². The fourth-order valence-electron chi connectivity index (χ4n) is 4.10. The lowest BCUT2D eigenvalue weighted by Gasteiger charge is -2.35. The summed E-state index contributed by atoms with van der Waals surface area (Å²) in [5.74, 6) is 0.752. The minimum absolute atomic E-state index is 0.0275. The van der Waals surface area contributed by atoms with Crippen LogP contribution >= 0.6 is 0 Å². The van der Waals surface area contributed by atoms with Gasteiger partial charge >= 0.3 is 0 Å². The largest absolute Gasteiger partial charge is 0.353 e. The van der Waals surface area contributed by atoms with Gasteiger partial charge in [-0.2, -0.15) is 0 Å². The molecule has 0 atom stereocenters. The molecule has 0 radical (unpaired) electrons. The van der Waals surface area contributed by atoms with E-state index in [9.17, 15) is 13.6 Å². The molecular formula is C26H23F2N5O. The van der Waals surface area contributed by atoms with Gasteiger partial charge < -0.3 is 14.4 Å². The van der Waals surface area contributed by atoms with Crippen LogP contribution in [0.1, 0.15) is 5.82 Å². The summed E-state index contributed by atoms with van der Waals surface area (Å²) in [6.45, 7) is 2.60. The summed E-state index contributed by atoms with van der Waals surface area (Å²) >= 11 is 0. The van der Waals surface area contributed by atoms with Gasteiger partial charge in [0.25, 0.3) is 0 Å². The SMILES string of the molecule is O=C(Cc1nc(-c2ccc(F)cc2)cn1-c1ccc(F)cc1)N1CCN(c2ccccn2)CC1. The van der Waals surface area contributed by atoms with Crippen molar-refractivity contribution in [1.29, 1.82) is 0 Å². The van der Waals surface area contributed by atoms with Crippen LogP contribution in [0.15, 0.2) is 79.1 Å². The lowest BCUT2D eigenvalue weighted by molar-refractivity contribution is -0.130. The van der Waals surface area contributed by atoms with Crippen molar-refractivity contribution in [1.82, 2.24) is 19.4 Å². The van der Waals surface area contributed by atoms with Gasteiger partial charge in [0, 0.05) is 49.8 Å². The molecule has 0 spiro atoms. The Bertz CT molecular complexity index is 1270. The molecular weight excluding hydrogens is 436 g/mol. The van der Waals surface area contributed by atoms with Crippen LogP contribution in [0.25, 0.3) is 16.9 Å². The Morgan fingerprint density at radius 3 is 2.18 bits per heavy atom. The van der Waals surface area contributed by atoms with E-state index in [0.29, 0.717) is 43.4 Å². The van der Waals surface area contributed by atoms with Crippen molar-refractivity contribution in [3.8, 4) is 16.9 Å². The van der Waals surface area contributed by atoms with Crippen LogP contribution in [0.2, 0.25) is 0 Å². The average molecular weight is 460 g/mol. The van der Waals surface area contributed by atoms with E-state index in [1.807, 2.05) is 23.1 Å². The minimum Gasteiger partial charge on any atom is -0.353 e. The standard InChI is InChI=1S/C26H23F2N5O/c27-20-6-4-19(5-7-20)23-18-33(22-10-8-21(28)9-11-22)25(30-23)17-26(34)32-15-13-31(14-16-32)24-3-1-2-12-29-24/h1-12,18H,13-17H2. The number of piperazine rings is 1. The van der Waals surface area contributed by atoms with Crippen molar-refractivity contribution < 1.29 is 13.6 Å². The molecule has 0 saturated carbocycles. The number of benzene rings is 2. The Morgan fingerprint density at radius 2 is 1.53 bits per heavy atom. The molecule has 1 aliphatic heterocycles. The van der Waals surface area contributed by atoms with Gasteiger partial charge in [0.1, 0.15) is 23.3 Å². The highest BCUT2D eigenvalue weighted by molar-refractivity contribution is 5.79. The Morgan fingerprint density at radius 1 is 0.853 bits per heavy atom. The van der Waals surface area contributed by atoms with Crippen molar-refractivity contribution in [2.75, 3.05) is 31.1 Å². The van der Waals surface area contributed by atoms with Crippen LogP contribution in [-0.2, 0) is 11.2 Å². The quantitative estimate of drug-likeness (QED) is 0.451. The zero-order chi connectivity index (χ0) is 23.5. The second-order valence-electron chi connectivity index (χ2n) is 8.13. The predicted octanol–water partition coefficient (Wildman–Crippen LogP) is 4.10. The summed E-state index contributed by atoms with van der Waals surface area (Å²) < 4.78 is 28.7. The van der Waals surface area contributed by atoms with E-state index < -0.39 is 0 Å². The molecule has 3 heterocycles. The Labute approximate surface area is 196 Å². The summed E-state index contributed by atoms with van der Waals surface area (Å²) in [7, 11) is 0. The lowest BCUT2D eigenvalue weighted by Crippen LogP contribution is -2.49. The van der Waals surface area contributed by atoms with E-state index >= 15 is 0 Å². The predicted molar refractivity (Wildman–Crippen MR) is 126 cm³/mol.